The lowest BCUT2D eigenvalue weighted by Gasteiger charge is -2.13. The Hall–Kier alpha value is -3.69. The van der Waals surface area contributed by atoms with Gasteiger partial charge in [0.05, 0.1) is 22.4 Å². The van der Waals surface area contributed by atoms with Gasteiger partial charge in [-0.2, -0.15) is 13.2 Å². The van der Waals surface area contributed by atoms with Crippen LogP contribution in [0.4, 0.5) is 13.2 Å². The highest BCUT2D eigenvalue weighted by Gasteiger charge is 2.35. The average Bonchev–Trinajstić information content (AvgIpc) is 3.24. The minimum atomic E-state index is -4.44. The van der Waals surface area contributed by atoms with Crippen molar-refractivity contribution >= 4 is 23.4 Å². The highest BCUT2D eigenvalue weighted by molar-refractivity contribution is 6.21. The summed E-state index contributed by atoms with van der Waals surface area (Å²) < 4.78 is 39.7. The smallest absolute Gasteiger partial charge is 0.356 e. The molecule has 0 bridgehead atoms. The van der Waals surface area contributed by atoms with E-state index in [1.54, 1.807) is 24.3 Å². The summed E-state index contributed by atoms with van der Waals surface area (Å²) in [6.07, 6.45) is -1.72. The highest BCUT2D eigenvalue weighted by atomic mass is 19.4. The summed E-state index contributed by atoms with van der Waals surface area (Å²) in [6.45, 7) is 0.184. The van der Waals surface area contributed by atoms with Crippen LogP contribution in [0, 0.1) is 0 Å². The molecule has 0 aliphatic carbocycles. The maximum absolute atomic E-state index is 12.8. The number of amides is 3. The van der Waals surface area contributed by atoms with E-state index in [1.807, 2.05) is 0 Å². The van der Waals surface area contributed by atoms with Gasteiger partial charge in [0.15, 0.2) is 0 Å². The SMILES string of the molecule is O=C(CCN1C(=O)c2ccccc2C1=O)NCCc1cn2cc(C(F)(F)F)ccc2n1. The third-order valence-electron chi connectivity index (χ3n) is 4.97. The van der Waals surface area contributed by atoms with Crippen LogP contribution >= 0.6 is 0 Å². The standard InChI is InChI=1S/C21H17F3N4O3/c22-21(23,24)13-5-6-17-26-14(12-27(17)11-13)7-9-25-18(29)8-10-28-19(30)15-3-1-2-4-16(15)20(28)31/h1-6,11-12H,7-10H2,(H,25,29). The van der Waals surface area contributed by atoms with Crippen LogP contribution in [0.25, 0.3) is 5.65 Å². The third kappa shape index (κ3) is 4.14. The lowest BCUT2D eigenvalue weighted by atomic mass is 10.1. The Bertz CT molecular complexity index is 1150. The van der Waals surface area contributed by atoms with Gasteiger partial charge < -0.3 is 9.72 Å². The maximum atomic E-state index is 12.8. The molecule has 1 aliphatic rings. The molecule has 0 atom stereocenters. The first-order chi connectivity index (χ1) is 14.7. The molecule has 0 spiro atoms. The number of aromatic nitrogens is 2. The van der Waals surface area contributed by atoms with Crippen LogP contribution in [0.2, 0.25) is 0 Å². The van der Waals surface area contributed by atoms with Crippen molar-refractivity contribution in [2.75, 3.05) is 13.1 Å². The van der Waals surface area contributed by atoms with E-state index in [0.717, 1.165) is 17.2 Å². The third-order valence-corrected chi connectivity index (χ3v) is 4.97. The number of rotatable bonds is 6. The number of benzene rings is 1. The molecule has 7 nitrogen and oxygen atoms in total. The van der Waals surface area contributed by atoms with Crippen LogP contribution in [0.5, 0.6) is 0 Å². The highest BCUT2D eigenvalue weighted by Crippen LogP contribution is 2.29. The van der Waals surface area contributed by atoms with E-state index < -0.39 is 23.6 Å². The second kappa shape index (κ2) is 7.86. The van der Waals surface area contributed by atoms with Gasteiger partial charge in [0.2, 0.25) is 5.91 Å². The molecule has 160 valence electrons. The number of hydrogen-bond donors (Lipinski definition) is 1. The zero-order chi connectivity index (χ0) is 22.2. The van der Waals surface area contributed by atoms with Gasteiger partial charge in [-0.15, -0.1) is 0 Å². The van der Waals surface area contributed by atoms with Crippen LogP contribution in [-0.4, -0.2) is 45.1 Å². The fourth-order valence-electron chi connectivity index (χ4n) is 3.41. The number of carbonyl (C=O) groups excluding carboxylic acids is 3. The Morgan fingerprint density at radius 3 is 2.32 bits per heavy atom. The Morgan fingerprint density at radius 1 is 1.00 bits per heavy atom. The molecule has 2 aromatic heterocycles. The lowest BCUT2D eigenvalue weighted by molar-refractivity contribution is -0.137. The molecular weight excluding hydrogens is 413 g/mol. The first kappa shape index (κ1) is 20.6. The molecule has 0 saturated heterocycles. The summed E-state index contributed by atoms with van der Waals surface area (Å²) in [6, 6.07) is 8.73. The molecule has 1 aromatic carbocycles. The number of imide groups is 1. The number of pyridine rings is 1. The van der Waals surface area contributed by atoms with Crippen LogP contribution in [0.3, 0.4) is 0 Å². The van der Waals surface area contributed by atoms with Gasteiger partial charge in [0.25, 0.3) is 11.8 Å². The van der Waals surface area contributed by atoms with Gasteiger partial charge >= 0.3 is 6.18 Å². The molecule has 31 heavy (non-hydrogen) atoms. The van der Waals surface area contributed by atoms with Crippen molar-refractivity contribution in [2.45, 2.75) is 19.0 Å². The molecular formula is C21H17F3N4O3. The zero-order valence-electron chi connectivity index (χ0n) is 16.1. The topological polar surface area (TPSA) is 83.8 Å². The summed E-state index contributed by atoms with van der Waals surface area (Å²) in [4.78, 5) is 41.9. The van der Waals surface area contributed by atoms with E-state index in [4.69, 9.17) is 0 Å². The van der Waals surface area contributed by atoms with Gasteiger partial charge in [-0.3, -0.25) is 19.3 Å². The number of hydrogen-bond acceptors (Lipinski definition) is 4. The van der Waals surface area contributed by atoms with Gasteiger partial charge in [-0.05, 0) is 24.3 Å². The number of halogens is 3. The Balaban J connectivity index is 1.28. The summed E-state index contributed by atoms with van der Waals surface area (Å²) in [5.74, 6) is -1.19. The average molecular weight is 430 g/mol. The molecule has 1 N–H and O–H groups in total. The van der Waals surface area contributed by atoms with Crippen LogP contribution in [-0.2, 0) is 17.4 Å². The number of nitrogens with one attached hydrogen (secondary N) is 1. The fourth-order valence-corrected chi connectivity index (χ4v) is 3.41. The molecule has 1 aliphatic heterocycles. The molecule has 0 fully saturated rings. The number of nitrogens with zero attached hydrogens (tertiary/aromatic N) is 3. The molecule has 3 amide bonds. The van der Waals surface area contributed by atoms with Crippen molar-refractivity contribution in [2.24, 2.45) is 0 Å². The van der Waals surface area contributed by atoms with Crippen molar-refractivity contribution in [3.63, 3.8) is 0 Å². The van der Waals surface area contributed by atoms with E-state index >= 15 is 0 Å². The lowest BCUT2D eigenvalue weighted by Crippen LogP contribution is -2.35. The molecule has 4 rings (SSSR count). The number of carbonyl (C=O) groups is 3. The predicted octanol–water partition coefficient (Wildman–Crippen LogP) is 2.70. The molecule has 0 unspecified atom stereocenters. The van der Waals surface area contributed by atoms with E-state index in [0.29, 0.717) is 28.9 Å². The van der Waals surface area contributed by atoms with E-state index in [9.17, 15) is 27.6 Å². The number of imidazole rings is 1. The largest absolute Gasteiger partial charge is 0.417 e. The van der Waals surface area contributed by atoms with Crippen molar-refractivity contribution in [3.8, 4) is 0 Å². The Kier molecular flexibility index (Phi) is 5.22. The monoisotopic (exact) mass is 430 g/mol. The van der Waals surface area contributed by atoms with E-state index in [2.05, 4.69) is 10.3 Å². The second-order valence-electron chi connectivity index (χ2n) is 7.07. The first-order valence-corrected chi connectivity index (χ1v) is 9.51. The summed E-state index contributed by atoms with van der Waals surface area (Å²) >= 11 is 0. The summed E-state index contributed by atoms with van der Waals surface area (Å²) in [7, 11) is 0. The fraction of sp³-hybridized carbons (Fsp3) is 0.238. The second-order valence-corrected chi connectivity index (χ2v) is 7.07. The van der Waals surface area contributed by atoms with Crippen LogP contribution < -0.4 is 5.32 Å². The normalized spacial score (nSPS) is 13.7. The Labute approximate surface area is 174 Å². The van der Waals surface area contributed by atoms with Gasteiger partial charge in [-0.25, -0.2) is 4.98 Å². The van der Waals surface area contributed by atoms with E-state index in [-0.39, 0.29) is 25.4 Å². The molecule has 3 aromatic rings. The van der Waals surface area contributed by atoms with Crippen molar-refractivity contribution in [3.05, 3.63) is 71.2 Å². The molecule has 0 saturated carbocycles. The van der Waals surface area contributed by atoms with E-state index in [1.165, 1.54) is 16.7 Å². The minimum absolute atomic E-state index is 0.0350. The van der Waals surface area contributed by atoms with Crippen molar-refractivity contribution in [1.82, 2.24) is 19.6 Å². The quantitative estimate of drug-likeness (QED) is 0.610. The number of alkyl halides is 3. The zero-order valence-corrected chi connectivity index (χ0v) is 16.1. The number of fused-ring (bicyclic) bond motifs is 2. The Morgan fingerprint density at radius 2 is 1.68 bits per heavy atom. The van der Waals surface area contributed by atoms with Crippen LogP contribution in [0.1, 0.15) is 38.4 Å². The maximum Gasteiger partial charge on any atom is 0.417 e. The van der Waals surface area contributed by atoms with Gasteiger partial charge in [0, 0.05) is 38.3 Å². The molecule has 3 heterocycles. The molecule has 0 radical (unpaired) electrons. The minimum Gasteiger partial charge on any atom is -0.356 e. The van der Waals surface area contributed by atoms with Crippen molar-refractivity contribution < 1.29 is 27.6 Å². The predicted molar refractivity (Wildman–Crippen MR) is 103 cm³/mol. The summed E-state index contributed by atoms with van der Waals surface area (Å²) in [5, 5.41) is 2.67. The van der Waals surface area contributed by atoms with Crippen LogP contribution in [0.15, 0.2) is 48.8 Å². The first-order valence-electron chi connectivity index (χ1n) is 9.51. The molecule has 10 heteroatoms. The van der Waals surface area contributed by atoms with Crippen molar-refractivity contribution in [1.29, 1.82) is 0 Å². The van der Waals surface area contributed by atoms with Gasteiger partial charge in [-0.1, -0.05) is 12.1 Å². The van der Waals surface area contributed by atoms with Gasteiger partial charge in [0.1, 0.15) is 5.65 Å². The summed E-state index contributed by atoms with van der Waals surface area (Å²) in [5.41, 5.74) is 0.784.